The maximum atomic E-state index is 12.8. The summed E-state index contributed by atoms with van der Waals surface area (Å²) in [5.41, 5.74) is 0.488. The molecule has 2 aliphatic rings. The standard InChI is InChI=1S/C25H28ClN3O5S/c26-19-8-6-18(7-9-19)25(14-4-15-25)24(31)34-17-23(30)28-20-10-12-21(13-11-20)35(32,33)29-22-5-2-1-3-16-27-22/h6-13H,1-5,14-17H2,(H,27,29)(H,28,30). The first-order valence-electron chi connectivity index (χ1n) is 11.7. The Hall–Kier alpha value is -2.91. The van der Waals surface area contributed by atoms with Gasteiger partial charge in [-0.2, -0.15) is 0 Å². The molecule has 1 aliphatic carbocycles. The Morgan fingerprint density at radius 3 is 2.34 bits per heavy atom. The number of sulfonamides is 1. The summed E-state index contributed by atoms with van der Waals surface area (Å²) in [5.74, 6) is -0.467. The van der Waals surface area contributed by atoms with Crippen LogP contribution in [-0.4, -0.2) is 39.3 Å². The van der Waals surface area contributed by atoms with E-state index in [1.807, 2.05) is 12.1 Å². The van der Waals surface area contributed by atoms with Crippen molar-refractivity contribution < 1.29 is 22.7 Å². The molecule has 186 valence electrons. The molecule has 0 saturated heterocycles. The molecule has 8 nitrogen and oxygen atoms in total. The van der Waals surface area contributed by atoms with Gasteiger partial charge in [0.2, 0.25) is 0 Å². The van der Waals surface area contributed by atoms with E-state index >= 15 is 0 Å². The lowest BCUT2D eigenvalue weighted by molar-refractivity contribution is -0.156. The van der Waals surface area contributed by atoms with Crippen LogP contribution < -0.4 is 10.0 Å². The van der Waals surface area contributed by atoms with E-state index in [0.717, 1.165) is 31.2 Å². The van der Waals surface area contributed by atoms with Crippen LogP contribution in [0.3, 0.4) is 0 Å². The van der Waals surface area contributed by atoms with E-state index in [-0.39, 0.29) is 4.90 Å². The predicted octanol–water partition coefficient (Wildman–Crippen LogP) is 4.19. The maximum absolute atomic E-state index is 12.8. The Balaban J connectivity index is 1.32. The Bertz CT molecular complexity index is 1210. The highest BCUT2D eigenvalue weighted by molar-refractivity contribution is 7.90. The average Bonchev–Trinajstić information content (AvgIpc) is 3.07. The maximum Gasteiger partial charge on any atom is 0.317 e. The van der Waals surface area contributed by atoms with Crippen molar-refractivity contribution in [3.63, 3.8) is 0 Å². The second-order valence-electron chi connectivity index (χ2n) is 8.84. The molecular weight excluding hydrogens is 490 g/mol. The highest BCUT2D eigenvalue weighted by Gasteiger charge is 2.47. The van der Waals surface area contributed by atoms with Crippen LogP contribution in [0.15, 0.2) is 58.4 Å². The largest absolute Gasteiger partial charge is 0.455 e. The number of anilines is 1. The van der Waals surface area contributed by atoms with Crippen molar-refractivity contribution in [1.29, 1.82) is 0 Å². The SMILES string of the molecule is O=C(COC(=O)C1(c2ccc(Cl)cc2)CCC1)Nc1ccc(S(=O)(=O)NC2=NCCCCC2)cc1. The topological polar surface area (TPSA) is 114 Å². The first kappa shape index (κ1) is 25.2. The molecule has 1 heterocycles. The third-order valence-electron chi connectivity index (χ3n) is 6.40. The van der Waals surface area contributed by atoms with Gasteiger partial charge < -0.3 is 10.1 Å². The Labute approximate surface area is 210 Å². The lowest BCUT2D eigenvalue weighted by Crippen LogP contribution is -2.44. The van der Waals surface area contributed by atoms with Gasteiger partial charge in [-0.3, -0.25) is 19.3 Å². The van der Waals surface area contributed by atoms with E-state index in [4.69, 9.17) is 16.3 Å². The van der Waals surface area contributed by atoms with Crippen LogP contribution in [0.25, 0.3) is 0 Å². The summed E-state index contributed by atoms with van der Waals surface area (Å²) in [5, 5.41) is 3.21. The number of hydrogen-bond acceptors (Lipinski definition) is 6. The second kappa shape index (κ2) is 10.8. The molecule has 0 radical (unpaired) electrons. The number of carbonyl (C=O) groups is 2. The van der Waals surface area contributed by atoms with Crippen molar-refractivity contribution in [2.75, 3.05) is 18.5 Å². The quantitative estimate of drug-likeness (QED) is 0.534. The minimum absolute atomic E-state index is 0.0729. The molecule has 1 amide bonds. The molecule has 1 aliphatic heterocycles. The summed E-state index contributed by atoms with van der Waals surface area (Å²) >= 11 is 5.96. The Morgan fingerprint density at radius 2 is 1.69 bits per heavy atom. The van der Waals surface area contributed by atoms with Gasteiger partial charge in [-0.25, -0.2) is 8.42 Å². The molecular formula is C25H28ClN3O5S. The van der Waals surface area contributed by atoms with Crippen LogP contribution in [-0.2, 0) is 29.8 Å². The molecule has 2 aromatic rings. The number of ether oxygens (including phenoxy) is 1. The van der Waals surface area contributed by atoms with Crippen molar-refractivity contribution >= 4 is 45.0 Å². The number of amidine groups is 1. The van der Waals surface area contributed by atoms with Crippen LogP contribution in [0.5, 0.6) is 0 Å². The van der Waals surface area contributed by atoms with Crippen molar-refractivity contribution in [2.45, 2.75) is 55.3 Å². The number of esters is 1. The molecule has 4 rings (SSSR count). The molecule has 0 spiro atoms. The monoisotopic (exact) mass is 517 g/mol. The lowest BCUT2D eigenvalue weighted by Gasteiger charge is -2.39. The zero-order valence-electron chi connectivity index (χ0n) is 19.3. The smallest absolute Gasteiger partial charge is 0.317 e. The van der Waals surface area contributed by atoms with E-state index < -0.39 is 33.9 Å². The third kappa shape index (κ3) is 6.02. The van der Waals surface area contributed by atoms with E-state index in [2.05, 4.69) is 15.0 Å². The average molecular weight is 518 g/mol. The van der Waals surface area contributed by atoms with Crippen molar-refractivity contribution in [3.05, 3.63) is 59.1 Å². The summed E-state index contributed by atoms with van der Waals surface area (Å²) in [6.07, 6.45) is 5.71. The molecule has 0 aromatic heterocycles. The van der Waals surface area contributed by atoms with Gasteiger partial charge in [-0.15, -0.1) is 0 Å². The highest BCUT2D eigenvalue weighted by atomic mass is 35.5. The molecule has 2 aromatic carbocycles. The minimum Gasteiger partial charge on any atom is -0.455 e. The van der Waals surface area contributed by atoms with Crippen LogP contribution in [0.4, 0.5) is 5.69 Å². The number of nitrogens with one attached hydrogen (secondary N) is 2. The molecule has 0 atom stereocenters. The number of rotatable bonds is 7. The van der Waals surface area contributed by atoms with E-state index in [1.54, 1.807) is 12.1 Å². The Kier molecular flexibility index (Phi) is 7.76. The molecule has 1 fully saturated rings. The number of benzene rings is 2. The second-order valence-corrected chi connectivity index (χ2v) is 11.0. The van der Waals surface area contributed by atoms with Crippen LogP contribution in [0, 0.1) is 0 Å². The first-order chi connectivity index (χ1) is 16.8. The number of nitrogens with zero attached hydrogens (tertiary/aromatic N) is 1. The zero-order chi connectivity index (χ0) is 24.9. The molecule has 1 saturated carbocycles. The van der Waals surface area contributed by atoms with E-state index in [1.165, 1.54) is 24.3 Å². The summed E-state index contributed by atoms with van der Waals surface area (Å²) in [4.78, 5) is 29.5. The minimum atomic E-state index is -3.76. The lowest BCUT2D eigenvalue weighted by atomic mass is 9.64. The Morgan fingerprint density at radius 1 is 0.971 bits per heavy atom. The van der Waals surface area contributed by atoms with E-state index in [9.17, 15) is 18.0 Å². The van der Waals surface area contributed by atoms with Gasteiger partial charge in [-0.1, -0.05) is 36.6 Å². The summed E-state index contributed by atoms with van der Waals surface area (Å²) in [7, 11) is -3.76. The number of aliphatic imine (C=N–C) groups is 1. The fourth-order valence-electron chi connectivity index (χ4n) is 4.27. The first-order valence-corrected chi connectivity index (χ1v) is 13.5. The molecule has 0 bridgehead atoms. The highest BCUT2D eigenvalue weighted by Crippen LogP contribution is 2.45. The fourth-order valence-corrected chi connectivity index (χ4v) is 5.48. The third-order valence-corrected chi connectivity index (χ3v) is 8.05. The van der Waals surface area contributed by atoms with Crippen LogP contribution >= 0.6 is 11.6 Å². The number of halogens is 1. The van der Waals surface area contributed by atoms with Crippen molar-refractivity contribution in [3.8, 4) is 0 Å². The zero-order valence-corrected chi connectivity index (χ0v) is 20.8. The molecule has 35 heavy (non-hydrogen) atoms. The summed E-state index contributed by atoms with van der Waals surface area (Å²) in [6.45, 7) is 0.184. The van der Waals surface area contributed by atoms with Gasteiger partial charge in [0.15, 0.2) is 6.61 Å². The van der Waals surface area contributed by atoms with Gasteiger partial charge in [0, 0.05) is 23.7 Å². The van der Waals surface area contributed by atoms with Gasteiger partial charge in [0.25, 0.3) is 15.9 Å². The van der Waals surface area contributed by atoms with E-state index in [0.29, 0.717) is 42.4 Å². The normalized spacial score (nSPS) is 17.3. The molecule has 0 unspecified atom stereocenters. The van der Waals surface area contributed by atoms with Crippen molar-refractivity contribution in [1.82, 2.24) is 4.72 Å². The van der Waals surface area contributed by atoms with Gasteiger partial charge in [0.05, 0.1) is 10.3 Å². The number of amides is 1. The predicted molar refractivity (Wildman–Crippen MR) is 134 cm³/mol. The van der Waals surface area contributed by atoms with Gasteiger partial charge in [0.1, 0.15) is 5.84 Å². The molecule has 2 N–H and O–H groups in total. The summed E-state index contributed by atoms with van der Waals surface area (Å²) in [6, 6.07) is 12.9. The number of carbonyl (C=O) groups excluding carboxylic acids is 2. The van der Waals surface area contributed by atoms with Gasteiger partial charge in [-0.05, 0) is 67.6 Å². The van der Waals surface area contributed by atoms with Gasteiger partial charge >= 0.3 is 5.97 Å². The molecule has 10 heteroatoms. The fraction of sp³-hybridized carbons (Fsp3) is 0.400. The number of hydrogen-bond donors (Lipinski definition) is 2. The summed E-state index contributed by atoms with van der Waals surface area (Å²) < 4.78 is 33.2. The van der Waals surface area contributed by atoms with Crippen LogP contribution in [0.1, 0.15) is 50.5 Å². The van der Waals surface area contributed by atoms with Crippen molar-refractivity contribution in [2.24, 2.45) is 4.99 Å². The van der Waals surface area contributed by atoms with Crippen LogP contribution in [0.2, 0.25) is 5.02 Å².